The average Bonchev–Trinajstić information content (AvgIpc) is 2.32. The van der Waals surface area contributed by atoms with Crippen LogP contribution in [0.4, 0.5) is 0 Å². The van der Waals surface area contributed by atoms with Crippen molar-refractivity contribution >= 4 is 17.8 Å². The predicted molar refractivity (Wildman–Crippen MR) is 71.0 cm³/mol. The van der Waals surface area contributed by atoms with Crippen LogP contribution in [0.1, 0.15) is 44.9 Å². The van der Waals surface area contributed by atoms with Crippen molar-refractivity contribution in [1.29, 1.82) is 0 Å². The van der Waals surface area contributed by atoms with Crippen LogP contribution in [0.3, 0.4) is 0 Å². The molecule has 0 unspecified atom stereocenters. The van der Waals surface area contributed by atoms with Gasteiger partial charge in [0.05, 0.1) is 0 Å². The molecule has 0 heterocycles. The molecule has 0 saturated heterocycles. The van der Waals surface area contributed by atoms with Gasteiger partial charge in [-0.05, 0) is 37.6 Å². The maximum Gasteiger partial charge on any atom is 0.326 e. The van der Waals surface area contributed by atoms with Crippen LogP contribution in [0.2, 0.25) is 0 Å². The Morgan fingerprint density at radius 1 is 1.25 bits per heavy atom. The van der Waals surface area contributed by atoms with Crippen molar-refractivity contribution in [3.05, 3.63) is 0 Å². The average molecular weight is 286 g/mol. The van der Waals surface area contributed by atoms with Crippen molar-refractivity contribution in [2.45, 2.75) is 51.0 Å². The highest BCUT2D eigenvalue weighted by molar-refractivity contribution is 5.84. The number of carboxylic acids is 2. The third-order valence-corrected chi connectivity index (χ3v) is 3.90. The minimum atomic E-state index is -1.14. The Morgan fingerprint density at radius 2 is 1.90 bits per heavy atom. The first-order valence-electron chi connectivity index (χ1n) is 6.82. The number of carboxylic acid groups (broad SMARTS) is 2. The van der Waals surface area contributed by atoms with Crippen molar-refractivity contribution in [2.75, 3.05) is 6.54 Å². The van der Waals surface area contributed by atoms with Crippen LogP contribution < -0.4 is 11.1 Å². The van der Waals surface area contributed by atoms with Gasteiger partial charge < -0.3 is 21.3 Å². The predicted octanol–water partition coefficient (Wildman–Crippen LogP) is 0.330. The summed E-state index contributed by atoms with van der Waals surface area (Å²) < 4.78 is 0. The topological polar surface area (TPSA) is 130 Å². The normalized spacial score (nSPS) is 17.9. The van der Waals surface area contributed by atoms with Crippen LogP contribution >= 0.6 is 0 Å². The van der Waals surface area contributed by atoms with Gasteiger partial charge in [-0.3, -0.25) is 9.59 Å². The van der Waals surface area contributed by atoms with Gasteiger partial charge in [-0.1, -0.05) is 6.42 Å². The van der Waals surface area contributed by atoms with E-state index in [1.807, 2.05) is 0 Å². The number of carbonyl (C=O) groups is 3. The molecule has 0 aromatic heterocycles. The van der Waals surface area contributed by atoms with Crippen LogP contribution in [-0.4, -0.2) is 40.6 Å². The summed E-state index contributed by atoms with van der Waals surface area (Å²) in [7, 11) is 0. The summed E-state index contributed by atoms with van der Waals surface area (Å²) in [4.78, 5) is 33.3. The summed E-state index contributed by atoms with van der Waals surface area (Å²) in [5, 5.41) is 20.0. The van der Waals surface area contributed by atoms with Gasteiger partial charge in [0.2, 0.25) is 5.91 Å². The molecule has 1 saturated carbocycles. The van der Waals surface area contributed by atoms with Gasteiger partial charge in [0.15, 0.2) is 0 Å². The van der Waals surface area contributed by atoms with Gasteiger partial charge in [-0.15, -0.1) is 0 Å². The van der Waals surface area contributed by atoms with Crippen molar-refractivity contribution in [3.8, 4) is 0 Å². The fourth-order valence-corrected chi connectivity index (χ4v) is 2.43. The van der Waals surface area contributed by atoms with Gasteiger partial charge in [0.1, 0.15) is 6.04 Å². The van der Waals surface area contributed by atoms with E-state index in [-0.39, 0.29) is 37.0 Å². The summed E-state index contributed by atoms with van der Waals surface area (Å²) in [5.74, 6) is -2.44. The Morgan fingerprint density at radius 3 is 2.30 bits per heavy atom. The smallest absolute Gasteiger partial charge is 0.326 e. The highest BCUT2D eigenvalue weighted by atomic mass is 16.4. The molecule has 1 atom stereocenters. The van der Waals surface area contributed by atoms with Gasteiger partial charge in [0.25, 0.3) is 0 Å². The lowest BCUT2D eigenvalue weighted by molar-refractivity contribution is -0.143. The van der Waals surface area contributed by atoms with Crippen LogP contribution in [0, 0.1) is 5.41 Å². The molecule has 0 radical (unpaired) electrons. The number of nitrogens with two attached hydrogens (primary N) is 1. The number of hydrogen-bond donors (Lipinski definition) is 4. The maximum absolute atomic E-state index is 11.9. The second kappa shape index (κ2) is 7.23. The van der Waals surface area contributed by atoms with E-state index < -0.39 is 18.0 Å². The second-order valence-electron chi connectivity index (χ2n) is 5.48. The van der Waals surface area contributed by atoms with E-state index in [2.05, 4.69) is 5.32 Å². The van der Waals surface area contributed by atoms with Gasteiger partial charge >= 0.3 is 11.9 Å². The zero-order valence-corrected chi connectivity index (χ0v) is 11.4. The summed E-state index contributed by atoms with van der Waals surface area (Å²) in [6, 6.07) is -1.03. The fraction of sp³-hybridized carbons (Fsp3) is 0.769. The molecule has 5 N–H and O–H groups in total. The number of carbonyl (C=O) groups excluding carboxylic acids is 1. The van der Waals surface area contributed by atoms with E-state index in [1.54, 1.807) is 0 Å². The van der Waals surface area contributed by atoms with Crippen molar-refractivity contribution in [1.82, 2.24) is 5.32 Å². The molecule has 0 aromatic carbocycles. The number of rotatable bonds is 9. The molecular weight excluding hydrogens is 264 g/mol. The summed E-state index contributed by atoms with van der Waals surface area (Å²) in [6.45, 7) is 0.428. The zero-order valence-electron chi connectivity index (χ0n) is 11.4. The third kappa shape index (κ3) is 4.80. The summed E-state index contributed by atoms with van der Waals surface area (Å²) in [6.07, 6.45) is 3.31. The van der Waals surface area contributed by atoms with Crippen molar-refractivity contribution in [2.24, 2.45) is 11.1 Å². The molecular formula is C13H22N2O5. The van der Waals surface area contributed by atoms with Crippen molar-refractivity contribution in [3.63, 3.8) is 0 Å². The highest BCUT2D eigenvalue weighted by Crippen LogP contribution is 2.42. The van der Waals surface area contributed by atoms with Gasteiger partial charge in [-0.2, -0.15) is 0 Å². The molecule has 1 aliphatic carbocycles. The maximum atomic E-state index is 11.9. The number of nitrogens with one attached hydrogen (secondary N) is 1. The first-order valence-corrected chi connectivity index (χ1v) is 6.82. The zero-order chi connectivity index (χ0) is 15.2. The summed E-state index contributed by atoms with van der Waals surface area (Å²) in [5.41, 5.74) is 5.49. The lowest BCUT2D eigenvalue weighted by Crippen LogP contribution is -2.46. The lowest BCUT2D eigenvalue weighted by Gasteiger charge is -2.40. The monoisotopic (exact) mass is 286 g/mol. The van der Waals surface area contributed by atoms with Crippen LogP contribution in [0.25, 0.3) is 0 Å². The van der Waals surface area contributed by atoms with E-state index in [0.29, 0.717) is 6.54 Å². The standard InChI is InChI=1S/C13H22N2O5/c14-8-13(5-2-6-13)7-10(16)15-9(12(19)20)3-1-4-11(17)18/h9H,1-8,14H2,(H,15,16)(H,17,18)(H,19,20)/t9-/m1/s1. The van der Waals surface area contributed by atoms with Crippen LogP contribution in [-0.2, 0) is 14.4 Å². The Balaban J connectivity index is 2.42. The van der Waals surface area contributed by atoms with E-state index in [0.717, 1.165) is 19.3 Å². The second-order valence-corrected chi connectivity index (χ2v) is 5.48. The Kier molecular flexibility index (Phi) is 5.94. The molecule has 0 bridgehead atoms. The molecule has 0 spiro atoms. The van der Waals surface area contributed by atoms with E-state index in [9.17, 15) is 14.4 Å². The Bertz CT molecular complexity index is 373. The Hall–Kier alpha value is -1.63. The third-order valence-electron chi connectivity index (χ3n) is 3.90. The number of aliphatic carboxylic acids is 2. The molecule has 0 aromatic rings. The van der Waals surface area contributed by atoms with E-state index in [1.165, 1.54) is 0 Å². The molecule has 7 heteroatoms. The quantitative estimate of drug-likeness (QED) is 0.483. The molecule has 1 rings (SSSR count). The SMILES string of the molecule is NCC1(CC(=O)N[C@H](CCCC(=O)O)C(=O)O)CCC1. The lowest BCUT2D eigenvalue weighted by atomic mass is 9.66. The molecule has 1 amide bonds. The highest BCUT2D eigenvalue weighted by Gasteiger charge is 2.38. The van der Waals surface area contributed by atoms with E-state index in [4.69, 9.17) is 15.9 Å². The minimum absolute atomic E-state index is 0.105. The first-order chi connectivity index (χ1) is 9.38. The summed E-state index contributed by atoms with van der Waals surface area (Å²) >= 11 is 0. The number of hydrogen-bond acceptors (Lipinski definition) is 4. The molecule has 0 aliphatic heterocycles. The minimum Gasteiger partial charge on any atom is -0.481 e. The van der Waals surface area contributed by atoms with Gasteiger partial charge in [-0.25, -0.2) is 4.79 Å². The fourth-order valence-electron chi connectivity index (χ4n) is 2.43. The van der Waals surface area contributed by atoms with Crippen molar-refractivity contribution < 1.29 is 24.6 Å². The largest absolute Gasteiger partial charge is 0.481 e. The molecule has 1 aliphatic rings. The first kappa shape index (κ1) is 16.4. The Labute approximate surface area is 117 Å². The van der Waals surface area contributed by atoms with Crippen LogP contribution in [0.15, 0.2) is 0 Å². The van der Waals surface area contributed by atoms with E-state index >= 15 is 0 Å². The molecule has 114 valence electrons. The molecule has 1 fully saturated rings. The number of amides is 1. The van der Waals surface area contributed by atoms with Gasteiger partial charge in [0, 0.05) is 12.8 Å². The van der Waals surface area contributed by atoms with Crippen LogP contribution in [0.5, 0.6) is 0 Å². The molecule has 20 heavy (non-hydrogen) atoms. The molecule has 7 nitrogen and oxygen atoms in total.